The first-order valence-corrected chi connectivity index (χ1v) is 21.7. The van der Waals surface area contributed by atoms with Crippen LogP contribution in [-0.2, 0) is 20.9 Å². The number of fused-ring (bicyclic) bond motifs is 5. The van der Waals surface area contributed by atoms with Crippen LogP contribution in [0.2, 0.25) is 0 Å². The monoisotopic (exact) mass is 929 g/mol. The molecule has 8 rings (SSSR count). The number of nitrogens with one attached hydrogen (secondary N) is 2. The first-order chi connectivity index (χ1) is 28.7. The summed E-state index contributed by atoms with van der Waals surface area (Å²) in [6, 6.07) is 6.97. The van der Waals surface area contributed by atoms with Gasteiger partial charge in [-0.1, -0.05) is 26.0 Å². The summed E-state index contributed by atoms with van der Waals surface area (Å²) in [4.78, 5) is 29.1. The number of aliphatic hydroxyl groups is 5. The van der Waals surface area contributed by atoms with Crippen molar-refractivity contribution < 1.29 is 39.8 Å². The van der Waals surface area contributed by atoms with Crippen molar-refractivity contribution >= 4 is 45.6 Å². The van der Waals surface area contributed by atoms with Gasteiger partial charge >= 0.3 is 0 Å². The molecule has 13 nitrogen and oxygen atoms in total. The number of hydrogen-bond donors (Lipinski definition) is 7. The average molecular weight is 930 g/mol. The largest absolute Gasteiger partial charge is 0.511 e. The zero-order valence-electron chi connectivity index (χ0n) is 34.6. The molecule has 7 N–H and O–H groups in total. The maximum Gasteiger partial charge on any atom is 0.220 e. The van der Waals surface area contributed by atoms with Crippen molar-refractivity contribution in [1.82, 2.24) is 10.6 Å². The summed E-state index contributed by atoms with van der Waals surface area (Å²) < 4.78 is 13.0. The highest BCUT2D eigenvalue weighted by atomic mass is 127. The molecule has 0 radical (unpaired) electrons. The zero-order chi connectivity index (χ0) is 42.7. The van der Waals surface area contributed by atoms with E-state index in [4.69, 9.17) is 24.5 Å². The van der Waals surface area contributed by atoms with Crippen LogP contribution in [0, 0.1) is 15.4 Å². The van der Waals surface area contributed by atoms with Gasteiger partial charge in [0.05, 0.1) is 53.5 Å². The Labute approximate surface area is 363 Å². The lowest BCUT2D eigenvalue weighted by atomic mass is 9.86. The second kappa shape index (κ2) is 16.9. The van der Waals surface area contributed by atoms with E-state index in [2.05, 4.69) is 98.2 Å². The lowest BCUT2D eigenvalue weighted by Crippen LogP contribution is -2.64. The number of rotatable bonds is 10. The third-order valence-electron chi connectivity index (χ3n) is 12.8. The van der Waals surface area contributed by atoms with Crippen molar-refractivity contribution in [3.63, 3.8) is 0 Å². The fraction of sp³-hybridized carbons (Fsp3) is 0.435. The van der Waals surface area contributed by atoms with Crippen LogP contribution in [0.4, 0.5) is 0 Å². The van der Waals surface area contributed by atoms with E-state index < -0.39 is 43.2 Å². The van der Waals surface area contributed by atoms with Gasteiger partial charge in [0.1, 0.15) is 30.1 Å². The van der Waals surface area contributed by atoms with E-state index in [9.17, 15) is 30.3 Å². The van der Waals surface area contributed by atoms with E-state index in [-0.39, 0.29) is 36.5 Å². The molecule has 2 fully saturated rings. The molecule has 7 aliphatic rings. The van der Waals surface area contributed by atoms with Gasteiger partial charge in [0, 0.05) is 56.4 Å². The SMILES string of the molecule is CCC1=C(C)C2=NC1=CC1=C(C)C3=C(O)CC(=C4NC(=CC5=NC(=C2)C(C(C)OCc2cccc(I)c2)=C5C)[C@@H](C)[C@@H]4CCC(=O)N[C@@H]2[C@@H](O)[C@H](O)[C@@H](CO)O[C@H]2O)C3=N1. The molecule has 8 atom stereocenters. The number of nitrogens with zero attached hydrogens (tertiary/aromatic N) is 3. The molecule has 1 aromatic carbocycles. The minimum absolute atomic E-state index is 0.0153. The lowest BCUT2D eigenvalue weighted by Gasteiger charge is -2.40. The molecule has 60 heavy (non-hydrogen) atoms. The number of carbonyl (C=O) groups excluding carboxylic acids is 1. The van der Waals surface area contributed by atoms with Crippen molar-refractivity contribution in [3.05, 3.63) is 125 Å². The molecule has 1 unspecified atom stereocenters. The molecular weight excluding hydrogens is 877 g/mol. The molecule has 1 amide bonds. The maximum absolute atomic E-state index is 13.5. The topological polar surface area (TPSA) is 198 Å². The van der Waals surface area contributed by atoms with Gasteiger partial charge in [-0.2, -0.15) is 0 Å². The number of allylic oxidation sites excluding steroid dienone is 11. The summed E-state index contributed by atoms with van der Waals surface area (Å²) in [5.41, 5.74) is 14.1. The molecule has 0 saturated carbocycles. The van der Waals surface area contributed by atoms with Gasteiger partial charge < -0.3 is 45.6 Å². The summed E-state index contributed by atoms with van der Waals surface area (Å²) >= 11 is 2.31. The van der Waals surface area contributed by atoms with E-state index in [1.54, 1.807) is 0 Å². The molecule has 2 saturated heterocycles. The quantitative estimate of drug-likeness (QED) is 0.147. The highest BCUT2D eigenvalue weighted by Crippen LogP contribution is 2.46. The van der Waals surface area contributed by atoms with Crippen molar-refractivity contribution in [1.29, 1.82) is 0 Å². The van der Waals surface area contributed by atoms with Crippen LogP contribution in [0.25, 0.3) is 0 Å². The molecular formula is C46H52IN5O8. The summed E-state index contributed by atoms with van der Waals surface area (Å²) in [5.74, 6) is -0.562. The Bertz CT molecular complexity index is 2400. The van der Waals surface area contributed by atoms with E-state index in [1.165, 1.54) is 0 Å². The summed E-state index contributed by atoms with van der Waals surface area (Å²) in [7, 11) is 0. The molecule has 6 heterocycles. The highest BCUT2D eigenvalue weighted by molar-refractivity contribution is 14.1. The highest BCUT2D eigenvalue weighted by Gasteiger charge is 2.45. The average Bonchev–Trinajstić information content (AvgIpc) is 3.98. The van der Waals surface area contributed by atoms with E-state index in [1.807, 2.05) is 19.1 Å². The first kappa shape index (κ1) is 42.4. The minimum Gasteiger partial charge on any atom is -0.511 e. The van der Waals surface area contributed by atoms with Crippen LogP contribution in [-0.4, -0.2) is 91.9 Å². The van der Waals surface area contributed by atoms with Gasteiger partial charge in [0.2, 0.25) is 5.91 Å². The van der Waals surface area contributed by atoms with Crippen molar-refractivity contribution in [2.45, 2.75) is 111 Å². The molecule has 8 bridgehead atoms. The van der Waals surface area contributed by atoms with E-state index in [0.717, 1.165) is 88.9 Å². The normalized spacial score (nSPS) is 29.1. The maximum atomic E-state index is 13.5. The number of benzene rings is 1. The van der Waals surface area contributed by atoms with Gasteiger partial charge in [-0.25, -0.2) is 15.0 Å². The number of aliphatic hydroxyl groups excluding tert-OH is 5. The lowest BCUT2D eigenvalue weighted by molar-refractivity contribution is -0.253. The number of carbonyl (C=O) groups is 1. The van der Waals surface area contributed by atoms with Crippen LogP contribution < -0.4 is 10.6 Å². The third kappa shape index (κ3) is 7.65. The van der Waals surface area contributed by atoms with Gasteiger partial charge in [-0.3, -0.25) is 4.79 Å². The summed E-state index contributed by atoms with van der Waals surface area (Å²) in [5, 5.41) is 59.0. The number of ether oxygens (including phenoxy) is 2. The molecule has 1 aliphatic carbocycles. The van der Waals surface area contributed by atoms with Gasteiger partial charge in [0.15, 0.2) is 6.29 Å². The number of aliphatic imine (C=N–C) groups is 3. The molecule has 14 heteroatoms. The van der Waals surface area contributed by atoms with Crippen LogP contribution in [0.3, 0.4) is 0 Å². The van der Waals surface area contributed by atoms with E-state index in [0.29, 0.717) is 24.3 Å². The van der Waals surface area contributed by atoms with Gasteiger partial charge in [-0.15, -0.1) is 0 Å². The smallest absolute Gasteiger partial charge is 0.220 e. The Morgan fingerprint density at radius 3 is 2.52 bits per heavy atom. The molecule has 316 valence electrons. The van der Waals surface area contributed by atoms with Crippen molar-refractivity contribution in [2.75, 3.05) is 6.61 Å². The van der Waals surface area contributed by atoms with E-state index >= 15 is 0 Å². The Balaban J connectivity index is 1.18. The Morgan fingerprint density at radius 2 is 1.78 bits per heavy atom. The Kier molecular flexibility index (Phi) is 11.9. The summed E-state index contributed by atoms with van der Waals surface area (Å²) in [6.45, 7) is 12.3. The van der Waals surface area contributed by atoms with Crippen molar-refractivity contribution in [3.8, 4) is 0 Å². The van der Waals surface area contributed by atoms with Gasteiger partial charge in [0.25, 0.3) is 0 Å². The standard InChI is InChI=1S/C46H52IN5O8/c1-7-27-20(2)30-17-35-39(24(6)59-19-25-9-8-10-26(47)13-25)22(4)32(49-35)15-31-21(3)28(11-12-38(55)52-43-45(57)44(56)37(18-53)60-46(43)58)41(50-31)29-14-36(54)40-23(5)33(51-42(29)40)16-34(27)48-30/h8-10,13,15-17,21,24,28,37,43-46,50,53-54,56-58H,7,11-12,14,18-19H2,1-6H3,(H,52,55)/t21-,24?,28-,37+,43+,44+,45+,46+/m0/s1. The predicted molar refractivity (Wildman–Crippen MR) is 237 cm³/mol. The second-order valence-corrected chi connectivity index (χ2v) is 17.7. The molecule has 0 aromatic heterocycles. The first-order valence-electron chi connectivity index (χ1n) is 20.6. The van der Waals surface area contributed by atoms with Crippen molar-refractivity contribution in [2.24, 2.45) is 26.8 Å². The molecule has 6 aliphatic heterocycles. The summed E-state index contributed by atoms with van der Waals surface area (Å²) in [6.07, 6.45) is 1.42. The zero-order valence-corrected chi connectivity index (χ0v) is 36.7. The number of hydrogen-bond acceptors (Lipinski definition) is 12. The fourth-order valence-corrected chi connectivity index (χ4v) is 9.97. The van der Waals surface area contributed by atoms with Crippen LogP contribution in [0.1, 0.15) is 72.8 Å². The second-order valence-electron chi connectivity index (χ2n) is 16.5. The Morgan fingerprint density at radius 1 is 1.03 bits per heavy atom. The molecule has 1 aromatic rings. The predicted octanol–water partition coefficient (Wildman–Crippen LogP) is 5.56. The third-order valence-corrected chi connectivity index (χ3v) is 13.5. The number of amides is 1. The van der Waals surface area contributed by atoms with Crippen LogP contribution in [0.15, 0.2) is 131 Å². The Hall–Kier alpha value is -4.29. The fourth-order valence-electron chi connectivity index (χ4n) is 9.37. The molecule has 0 spiro atoms. The van der Waals surface area contributed by atoms with Crippen LogP contribution in [0.5, 0.6) is 0 Å². The van der Waals surface area contributed by atoms with Gasteiger partial charge in [-0.05, 0) is 121 Å². The minimum atomic E-state index is -1.62. The van der Waals surface area contributed by atoms with Crippen LogP contribution >= 0.6 is 22.6 Å². The number of halogens is 1.